The summed E-state index contributed by atoms with van der Waals surface area (Å²) in [6.45, 7) is 8.88. The number of fused-ring (bicyclic) bond motifs is 1. The number of pyridine rings is 1. The van der Waals surface area contributed by atoms with E-state index in [0.29, 0.717) is 18.4 Å². The van der Waals surface area contributed by atoms with Crippen LogP contribution >= 0.6 is 0 Å². The predicted molar refractivity (Wildman–Crippen MR) is 137 cm³/mol. The summed E-state index contributed by atoms with van der Waals surface area (Å²) in [5.74, 6) is 0. The molecule has 35 heavy (non-hydrogen) atoms. The van der Waals surface area contributed by atoms with Crippen molar-refractivity contribution in [1.29, 1.82) is 0 Å². The molecule has 1 aromatic carbocycles. The monoisotopic (exact) mass is 495 g/mol. The second-order valence-electron chi connectivity index (χ2n) is 9.58. The molecule has 0 aliphatic carbocycles. The number of aromatic nitrogens is 2. The second-order valence-corrected chi connectivity index (χ2v) is 11.4. The van der Waals surface area contributed by atoms with Crippen LogP contribution in [0.1, 0.15) is 34.1 Å². The van der Waals surface area contributed by atoms with Crippen LogP contribution in [0.4, 0.5) is 11.4 Å². The van der Waals surface area contributed by atoms with Crippen molar-refractivity contribution in [2.75, 3.05) is 11.9 Å². The summed E-state index contributed by atoms with van der Waals surface area (Å²) in [7, 11) is -3.94. The predicted octanol–water partition coefficient (Wildman–Crippen LogP) is 4.93. The van der Waals surface area contributed by atoms with Gasteiger partial charge in [-0.25, -0.2) is 17.4 Å². The molecular weight excluding hydrogens is 466 g/mol. The van der Waals surface area contributed by atoms with Gasteiger partial charge < -0.3 is 10.2 Å². The van der Waals surface area contributed by atoms with Gasteiger partial charge in [-0.05, 0) is 57.7 Å². The lowest BCUT2D eigenvalue weighted by Gasteiger charge is -2.42. The minimum absolute atomic E-state index is 0.107. The summed E-state index contributed by atoms with van der Waals surface area (Å²) < 4.78 is 27.6. The van der Waals surface area contributed by atoms with Gasteiger partial charge in [0.2, 0.25) is 0 Å². The van der Waals surface area contributed by atoms with Crippen molar-refractivity contribution in [2.24, 2.45) is 0 Å². The first kappa shape index (κ1) is 24.5. The van der Waals surface area contributed by atoms with E-state index in [1.165, 1.54) is 18.3 Å². The van der Waals surface area contributed by atoms with Gasteiger partial charge in [-0.2, -0.15) is 0 Å². The van der Waals surface area contributed by atoms with Crippen LogP contribution in [0.25, 0.3) is 11.0 Å². The maximum absolute atomic E-state index is 13.3. The van der Waals surface area contributed by atoms with Crippen molar-refractivity contribution < 1.29 is 13.3 Å². The van der Waals surface area contributed by atoms with E-state index in [9.17, 15) is 18.5 Å². The number of hydrogen-bond acceptors (Lipinski definition) is 7. The van der Waals surface area contributed by atoms with Crippen LogP contribution in [-0.4, -0.2) is 44.8 Å². The number of rotatable bonds is 6. The van der Waals surface area contributed by atoms with Crippen LogP contribution in [0.5, 0.6) is 0 Å². The van der Waals surface area contributed by atoms with E-state index in [1.807, 2.05) is 31.4 Å². The van der Waals surface area contributed by atoms with Crippen LogP contribution in [0.2, 0.25) is 0 Å². The van der Waals surface area contributed by atoms with Crippen molar-refractivity contribution >= 4 is 32.4 Å². The average Bonchev–Trinajstić information content (AvgIpc) is 3.14. The Morgan fingerprint density at radius 1 is 1.17 bits per heavy atom. The molecular formula is C25H29N5O4S. The lowest BCUT2D eigenvalue weighted by atomic mass is 9.92. The van der Waals surface area contributed by atoms with Gasteiger partial charge in [-0.15, -0.1) is 0 Å². The molecule has 0 amide bonds. The van der Waals surface area contributed by atoms with Crippen molar-refractivity contribution in [1.82, 2.24) is 13.9 Å². The molecule has 0 saturated carbocycles. The summed E-state index contributed by atoms with van der Waals surface area (Å²) in [5, 5.41) is 15.8. The maximum Gasteiger partial charge on any atom is 0.311 e. The summed E-state index contributed by atoms with van der Waals surface area (Å²) in [6.07, 6.45) is 11.0. The Bertz CT molecular complexity index is 1420. The van der Waals surface area contributed by atoms with Crippen molar-refractivity contribution in [3.05, 3.63) is 83.3 Å². The van der Waals surface area contributed by atoms with Gasteiger partial charge in [-0.3, -0.25) is 10.1 Å². The SMILES string of the molecule is CCC1(Nc2c([N+](=O)[O-])cnc3c2ccn3S(=O)(=O)c2ccccc2)C=CC=CN(C(C)(C)C)C1. The third-order valence-corrected chi connectivity index (χ3v) is 7.95. The molecule has 9 nitrogen and oxygen atoms in total. The van der Waals surface area contributed by atoms with Gasteiger partial charge >= 0.3 is 5.69 Å². The number of nitro groups is 1. The largest absolute Gasteiger partial charge is 0.370 e. The lowest BCUT2D eigenvalue weighted by Crippen LogP contribution is -2.50. The standard InChI is InChI=1S/C25H29N5O4S/c1-5-25(14-9-10-15-28(18-25)24(2,3)4)27-22-20-13-16-29(23(20)26-17-21(22)30(31)32)35(33,34)19-11-7-6-8-12-19/h6-17H,5,18H2,1-4H3,(H,26,27). The third kappa shape index (κ3) is 4.53. The summed E-state index contributed by atoms with van der Waals surface area (Å²) in [6, 6.07) is 9.58. The molecule has 1 atom stereocenters. The van der Waals surface area contributed by atoms with Crippen LogP contribution in [0.15, 0.2) is 78.1 Å². The molecule has 2 aromatic heterocycles. The van der Waals surface area contributed by atoms with Gasteiger partial charge in [0.25, 0.3) is 10.0 Å². The van der Waals surface area contributed by atoms with Crippen LogP contribution < -0.4 is 5.32 Å². The Labute approximate surface area is 205 Å². The number of nitrogens with one attached hydrogen (secondary N) is 1. The van der Waals surface area contributed by atoms with Gasteiger partial charge in [0.15, 0.2) is 5.65 Å². The second kappa shape index (κ2) is 8.84. The van der Waals surface area contributed by atoms with Crippen LogP contribution in [0, 0.1) is 10.1 Å². The molecule has 0 bridgehead atoms. The number of allylic oxidation sites excluding steroid dienone is 2. The molecule has 1 N–H and O–H groups in total. The zero-order valence-electron chi connectivity index (χ0n) is 20.2. The van der Waals surface area contributed by atoms with Crippen LogP contribution in [0.3, 0.4) is 0 Å². The van der Waals surface area contributed by atoms with E-state index in [1.54, 1.807) is 24.3 Å². The zero-order valence-corrected chi connectivity index (χ0v) is 21.0. The molecule has 0 fully saturated rings. The third-order valence-electron chi connectivity index (χ3n) is 6.27. The highest BCUT2D eigenvalue weighted by atomic mass is 32.2. The molecule has 1 aliphatic rings. The van der Waals surface area contributed by atoms with Crippen molar-refractivity contribution in [3.8, 4) is 0 Å². The summed E-state index contributed by atoms with van der Waals surface area (Å²) in [5.41, 5.74) is -0.665. The highest BCUT2D eigenvalue weighted by molar-refractivity contribution is 7.90. The maximum atomic E-state index is 13.3. The molecule has 1 unspecified atom stereocenters. The van der Waals surface area contributed by atoms with Gasteiger partial charge in [-0.1, -0.05) is 37.3 Å². The van der Waals surface area contributed by atoms with Gasteiger partial charge in [0, 0.05) is 18.3 Å². The first-order chi connectivity index (χ1) is 16.5. The highest BCUT2D eigenvalue weighted by Crippen LogP contribution is 2.37. The fourth-order valence-corrected chi connectivity index (χ4v) is 5.46. The van der Waals surface area contributed by atoms with Gasteiger partial charge in [0.1, 0.15) is 11.9 Å². The smallest absolute Gasteiger partial charge is 0.311 e. The van der Waals surface area contributed by atoms with Crippen molar-refractivity contribution in [3.63, 3.8) is 0 Å². The molecule has 184 valence electrons. The number of benzene rings is 1. The summed E-state index contributed by atoms with van der Waals surface area (Å²) >= 11 is 0. The quantitative estimate of drug-likeness (QED) is 0.381. The number of nitrogens with zero attached hydrogens (tertiary/aromatic N) is 4. The number of hydrogen-bond donors (Lipinski definition) is 1. The fraction of sp³-hybridized carbons (Fsp3) is 0.320. The van der Waals surface area contributed by atoms with E-state index in [2.05, 4.69) is 36.0 Å². The van der Waals surface area contributed by atoms with Crippen molar-refractivity contribution in [2.45, 2.75) is 50.1 Å². The van der Waals surface area contributed by atoms with E-state index in [-0.39, 0.29) is 27.5 Å². The van der Waals surface area contributed by atoms with E-state index >= 15 is 0 Å². The topological polar surface area (TPSA) is 110 Å². The Balaban J connectivity index is 1.87. The summed E-state index contributed by atoms with van der Waals surface area (Å²) in [4.78, 5) is 18.0. The minimum atomic E-state index is -3.94. The van der Waals surface area contributed by atoms with Crippen LogP contribution in [-0.2, 0) is 10.0 Å². The van der Waals surface area contributed by atoms with Gasteiger partial charge in [0.05, 0.1) is 20.7 Å². The molecule has 1 aliphatic heterocycles. The Morgan fingerprint density at radius 3 is 2.51 bits per heavy atom. The number of anilines is 1. The molecule has 4 rings (SSSR count). The average molecular weight is 496 g/mol. The van der Waals surface area contributed by atoms with E-state index < -0.39 is 20.5 Å². The first-order valence-corrected chi connectivity index (χ1v) is 12.8. The Kier molecular flexibility index (Phi) is 6.18. The zero-order chi connectivity index (χ0) is 25.4. The molecule has 0 saturated heterocycles. The highest BCUT2D eigenvalue weighted by Gasteiger charge is 2.35. The normalized spacial score (nSPS) is 18.6. The van der Waals surface area contributed by atoms with E-state index in [0.717, 1.165) is 10.2 Å². The molecule has 0 spiro atoms. The molecule has 3 heterocycles. The first-order valence-electron chi connectivity index (χ1n) is 11.3. The molecule has 3 aromatic rings. The van der Waals surface area contributed by atoms with E-state index in [4.69, 9.17) is 0 Å². The molecule has 10 heteroatoms. The lowest BCUT2D eigenvalue weighted by molar-refractivity contribution is -0.384. The minimum Gasteiger partial charge on any atom is -0.370 e. The fourth-order valence-electron chi connectivity index (χ4n) is 4.13. The Morgan fingerprint density at radius 2 is 1.89 bits per heavy atom. The Hall–Kier alpha value is -3.66. The molecule has 0 radical (unpaired) electrons.